The minimum absolute atomic E-state index is 0.201. The quantitative estimate of drug-likeness (QED) is 0.786. The summed E-state index contributed by atoms with van der Waals surface area (Å²) in [5.74, 6) is -0.298. The summed E-state index contributed by atoms with van der Waals surface area (Å²) in [6.45, 7) is 0. The van der Waals surface area contributed by atoms with Gasteiger partial charge in [0.15, 0.2) is 5.11 Å². The number of aryl methyl sites for hydroxylation is 1. The Labute approximate surface area is 156 Å². The number of thiocarbonyl (C=S) groups is 1. The number of nitrogens with zero attached hydrogens (tertiary/aromatic N) is 2. The third-order valence-electron chi connectivity index (χ3n) is 4.18. The molecule has 7 heteroatoms. The van der Waals surface area contributed by atoms with E-state index in [0.717, 1.165) is 36.2 Å². The molecule has 2 N–H and O–H groups in total. The number of aromatic nitrogens is 1. The molecule has 0 radical (unpaired) electrons. The molecule has 0 fully saturated rings. The van der Waals surface area contributed by atoms with E-state index >= 15 is 0 Å². The van der Waals surface area contributed by atoms with Crippen LogP contribution in [0.15, 0.2) is 24.5 Å². The predicted octanol–water partition coefficient (Wildman–Crippen LogP) is 3.80. The zero-order chi connectivity index (χ0) is 17.6. The summed E-state index contributed by atoms with van der Waals surface area (Å²) in [7, 11) is 0. The second-order valence-electron chi connectivity index (χ2n) is 5.88. The van der Waals surface area contributed by atoms with Gasteiger partial charge in [0.2, 0.25) is 0 Å². The van der Waals surface area contributed by atoms with Crippen molar-refractivity contribution in [1.82, 2.24) is 10.3 Å². The molecule has 0 saturated carbocycles. The Morgan fingerprint density at radius 3 is 2.64 bits per heavy atom. The molecule has 5 nitrogen and oxygen atoms in total. The van der Waals surface area contributed by atoms with Crippen molar-refractivity contribution in [1.29, 1.82) is 5.26 Å². The maximum Gasteiger partial charge on any atom is 0.257 e. The van der Waals surface area contributed by atoms with E-state index in [2.05, 4.69) is 21.7 Å². The first-order valence-electron chi connectivity index (χ1n) is 8.26. The summed E-state index contributed by atoms with van der Waals surface area (Å²) in [6, 6.07) is 5.55. The van der Waals surface area contributed by atoms with Crippen LogP contribution in [0.25, 0.3) is 0 Å². The van der Waals surface area contributed by atoms with Crippen LogP contribution in [0, 0.1) is 11.3 Å². The van der Waals surface area contributed by atoms with Crippen LogP contribution in [0.2, 0.25) is 0 Å². The lowest BCUT2D eigenvalue weighted by atomic mass is 9.97. The van der Waals surface area contributed by atoms with Gasteiger partial charge in [-0.05, 0) is 55.6 Å². The number of nitrogens with one attached hydrogen (secondary N) is 2. The van der Waals surface area contributed by atoms with Gasteiger partial charge in [0.25, 0.3) is 5.91 Å². The third kappa shape index (κ3) is 4.21. The minimum Gasteiger partial charge on any atom is -0.323 e. The standard InChI is InChI=1S/C18H18N4OS2/c19-11-14-13-5-3-1-2-4-6-15(13)25-17(14)22-18(24)21-16(23)12-7-9-20-10-8-12/h7-10H,1-6H2,(H2,21,22,23,24). The Morgan fingerprint density at radius 2 is 1.92 bits per heavy atom. The van der Waals surface area contributed by atoms with E-state index in [-0.39, 0.29) is 11.0 Å². The second-order valence-corrected chi connectivity index (χ2v) is 7.39. The predicted molar refractivity (Wildman–Crippen MR) is 103 cm³/mol. The average Bonchev–Trinajstić information content (AvgIpc) is 2.91. The lowest BCUT2D eigenvalue weighted by molar-refractivity contribution is 0.0977. The van der Waals surface area contributed by atoms with Crippen LogP contribution in [-0.2, 0) is 12.8 Å². The number of thiophene rings is 1. The van der Waals surface area contributed by atoms with Gasteiger partial charge in [-0.25, -0.2) is 0 Å². The topological polar surface area (TPSA) is 77.8 Å². The lowest BCUT2D eigenvalue weighted by Gasteiger charge is -2.09. The highest BCUT2D eigenvalue weighted by atomic mass is 32.1. The fraction of sp³-hybridized carbons (Fsp3) is 0.333. The number of nitriles is 1. The fourth-order valence-corrected chi connectivity index (χ4v) is 4.44. The number of rotatable bonds is 2. The van der Waals surface area contributed by atoms with Crippen LogP contribution in [0.3, 0.4) is 0 Å². The zero-order valence-electron chi connectivity index (χ0n) is 13.7. The highest BCUT2D eigenvalue weighted by molar-refractivity contribution is 7.80. The van der Waals surface area contributed by atoms with E-state index in [9.17, 15) is 10.1 Å². The van der Waals surface area contributed by atoms with Crippen molar-refractivity contribution in [3.63, 3.8) is 0 Å². The first-order valence-corrected chi connectivity index (χ1v) is 9.48. The number of carbonyl (C=O) groups excluding carboxylic acids is 1. The van der Waals surface area contributed by atoms with Crippen molar-refractivity contribution in [2.24, 2.45) is 0 Å². The summed E-state index contributed by atoms with van der Waals surface area (Å²) in [6.07, 6.45) is 9.77. The summed E-state index contributed by atoms with van der Waals surface area (Å²) < 4.78 is 0. The molecule has 0 saturated heterocycles. The summed E-state index contributed by atoms with van der Waals surface area (Å²) in [5, 5.41) is 16.2. The molecule has 1 amide bonds. The van der Waals surface area contributed by atoms with Crippen LogP contribution in [-0.4, -0.2) is 16.0 Å². The number of pyridine rings is 1. The van der Waals surface area contributed by atoms with Crippen molar-refractivity contribution in [2.75, 3.05) is 5.32 Å². The molecule has 25 heavy (non-hydrogen) atoms. The van der Waals surface area contributed by atoms with Gasteiger partial charge in [-0.15, -0.1) is 11.3 Å². The van der Waals surface area contributed by atoms with Crippen LogP contribution in [0.4, 0.5) is 5.00 Å². The molecule has 2 aromatic rings. The summed E-state index contributed by atoms with van der Waals surface area (Å²) in [4.78, 5) is 17.3. The number of fused-ring (bicyclic) bond motifs is 1. The zero-order valence-corrected chi connectivity index (χ0v) is 15.3. The van der Waals surface area contributed by atoms with Crippen LogP contribution in [0.5, 0.6) is 0 Å². The van der Waals surface area contributed by atoms with Gasteiger partial charge < -0.3 is 5.32 Å². The first kappa shape index (κ1) is 17.5. The number of hydrogen-bond acceptors (Lipinski definition) is 5. The summed E-state index contributed by atoms with van der Waals surface area (Å²) in [5.41, 5.74) is 2.30. The van der Waals surface area contributed by atoms with Crippen LogP contribution in [0.1, 0.15) is 52.0 Å². The number of hydrogen-bond donors (Lipinski definition) is 2. The molecule has 3 rings (SSSR count). The van der Waals surface area contributed by atoms with E-state index in [1.54, 1.807) is 35.9 Å². The van der Waals surface area contributed by atoms with Gasteiger partial charge in [-0.2, -0.15) is 5.26 Å². The minimum atomic E-state index is -0.298. The van der Waals surface area contributed by atoms with Crippen LogP contribution < -0.4 is 10.6 Å². The highest BCUT2D eigenvalue weighted by Crippen LogP contribution is 2.36. The number of amides is 1. The average molecular weight is 371 g/mol. The Bertz CT molecular complexity index is 824. The first-order chi connectivity index (χ1) is 12.2. The second kappa shape index (κ2) is 8.19. The Balaban J connectivity index is 1.74. The molecule has 0 aromatic carbocycles. The van der Waals surface area contributed by atoms with Crippen molar-refractivity contribution < 1.29 is 4.79 Å². The van der Waals surface area contributed by atoms with Gasteiger partial charge in [0.1, 0.15) is 11.1 Å². The van der Waals surface area contributed by atoms with Gasteiger partial charge >= 0.3 is 0 Å². The Hall–Kier alpha value is -2.30. The van der Waals surface area contributed by atoms with E-state index < -0.39 is 0 Å². The van der Waals surface area contributed by atoms with Gasteiger partial charge in [-0.1, -0.05) is 12.8 Å². The number of anilines is 1. The molecule has 2 heterocycles. The van der Waals surface area contributed by atoms with Crippen molar-refractivity contribution in [3.8, 4) is 6.07 Å². The summed E-state index contributed by atoms with van der Waals surface area (Å²) >= 11 is 6.83. The highest BCUT2D eigenvalue weighted by Gasteiger charge is 2.20. The SMILES string of the molecule is N#Cc1c(NC(=S)NC(=O)c2ccncc2)sc2c1CCCCCC2. The lowest BCUT2D eigenvalue weighted by Crippen LogP contribution is -2.34. The molecular weight excluding hydrogens is 352 g/mol. The molecule has 2 aromatic heterocycles. The van der Waals surface area contributed by atoms with Gasteiger partial charge in [-0.3, -0.25) is 15.1 Å². The third-order valence-corrected chi connectivity index (χ3v) is 5.59. The van der Waals surface area contributed by atoms with Crippen LogP contribution >= 0.6 is 23.6 Å². The fourth-order valence-electron chi connectivity index (χ4n) is 2.94. The van der Waals surface area contributed by atoms with Crippen molar-refractivity contribution in [2.45, 2.75) is 38.5 Å². The van der Waals surface area contributed by atoms with E-state index in [0.29, 0.717) is 11.1 Å². The molecule has 0 aliphatic heterocycles. The van der Waals surface area contributed by atoms with E-state index in [1.807, 2.05) is 0 Å². The molecule has 1 aliphatic rings. The van der Waals surface area contributed by atoms with Gasteiger partial charge in [0.05, 0.1) is 5.56 Å². The molecule has 0 spiro atoms. The molecule has 0 unspecified atom stereocenters. The van der Waals surface area contributed by atoms with E-state index in [1.165, 1.54) is 17.7 Å². The molecule has 0 bridgehead atoms. The molecular formula is C18H18N4OS2. The maximum atomic E-state index is 12.2. The Kier molecular flexibility index (Phi) is 5.74. The van der Waals surface area contributed by atoms with Crippen molar-refractivity contribution >= 4 is 39.6 Å². The molecule has 1 aliphatic carbocycles. The smallest absolute Gasteiger partial charge is 0.257 e. The molecule has 0 atom stereocenters. The monoisotopic (exact) mass is 370 g/mol. The maximum absolute atomic E-state index is 12.2. The van der Waals surface area contributed by atoms with E-state index in [4.69, 9.17) is 12.2 Å². The Morgan fingerprint density at radius 1 is 1.20 bits per heavy atom. The van der Waals surface area contributed by atoms with Gasteiger partial charge in [0, 0.05) is 22.8 Å². The largest absolute Gasteiger partial charge is 0.323 e. The normalized spacial score (nSPS) is 13.7. The van der Waals surface area contributed by atoms with Crippen molar-refractivity contribution in [3.05, 3.63) is 46.1 Å². The number of carbonyl (C=O) groups is 1. The molecule has 128 valence electrons.